The number of nitrogens with one attached hydrogen (secondary N) is 3. The lowest BCUT2D eigenvalue weighted by Gasteiger charge is -2.24. The standard InChI is InChI=1S/C39H39N13O4S/c1-4-28(35(53)26-17-30-27(19-45-49-30)34-31(26)32(36(40)54)50-52(34)24-12-14-25(15-13-24)57(41,55)56)46-39-47-37(33-38(48-39)51(20-44-33)21(2)3)43-18-22-8-10-23(11-9-22)29-7-5-6-16-42-29/h5-17,19-21,28,35,53H,4,18H2,1-3H3,(H2,40,54)(H,45,49)(H2,41,55,56)(H2,43,46,47,48)/t28-,35?/m1/s1. The number of aliphatic hydroxyl groups excluding tert-OH is 1. The number of aromatic nitrogens is 9. The molecule has 8 aromatic rings. The van der Waals surface area contributed by atoms with Gasteiger partial charge in [0.1, 0.15) is 0 Å². The molecule has 1 amide bonds. The van der Waals surface area contributed by atoms with Gasteiger partial charge in [-0.3, -0.25) is 14.9 Å². The number of H-pyrrole nitrogens is 1. The van der Waals surface area contributed by atoms with Crippen LogP contribution in [0.25, 0.3) is 49.9 Å². The lowest BCUT2D eigenvalue weighted by molar-refractivity contribution is 0.0996. The Bertz CT molecular complexity index is 2870. The highest BCUT2D eigenvalue weighted by atomic mass is 32.2. The van der Waals surface area contributed by atoms with Crippen molar-refractivity contribution >= 4 is 60.7 Å². The van der Waals surface area contributed by atoms with Gasteiger partial charge in [-0.25, -0.2) is 23.2 Å². The van der Waals surface area contributed by atoms with E-state index in [-0.39, 0.29) is 22.6 Å². The number of aromatic amines is 1. The smallest absolute Gasteiger partial charge is 0.269 e. The lowest BCUT2D eigenvalue weighted by Crippen LogP contribution is -2.28. The Kier molecular flexibility index (Phi) is 9.60. The molecule has 0 fully saturated rings. The number of primary amides is 1. The number of hydrogen-bond acceptors (Lipinski definition) is 12. The van der Waals surface area contributed by atoms with Crippen LogP contribution in [0.1, 0.15) is 61.0 Å². The van der Waals surface area contributed by atoms with Crippen molar-refractivity contribution in [2.45, 2.75) is 56.8 Å². The Hall–Kier alpha value is -6.76. The summed E-state index contributed by atoms with van der Waals surface area (Å²) >= 11 is 0. The van der Waals surface area contributed by atoms with Gasteiger partial charge in [-0.1, -0.05) is 37.3 Å². The summed E-state index contributed by atoms with van der Waals surface area (Å²) in [5, 5.41) is 37.0. The third-order valence-corrected chi connectivity index (χ3v) is 10.8. The normalized spacial score (nSPS) is 13.1. The summed E-state index contributed by atoms with van der Waals surface area (Å²) in [5.74, 6) is -0.0643. The zero-order chi connectivity index (χ0) is 40.0. The summed E-state index contributed by atoms with van der Waals surface area (Å²) in [6.07, 6.45) is 4.25. The molecule has 0 radical (unpaired) electrons. The fourth-order valence-corrected chi connectivity index (χ4v) is 7.43. The van der Waals surface area contributed by atoms with Crippen molar-refractivity contribution in [3.05, 3.63) is 108 Å². The van der Waals surface area contributed by atoms with E-state index in [1.807, 2.05) is 67.8 Å². The maximum atomic E-state index is 13.0. The summed E-state index contributed by atoms with van der Waals surface area (Å²) in [6.45, 7) is 6.43. The van der Waals surface area contributed by atoms with Gasteiger partial charge < -0.3 is 26.0 Å². The minimum Gasteiger partial charge on any atom is -0.386 e. The SMILES string of the molecule is CC[C@@H](Nc1nc(NCc2ccc(-c3ccccn3)cc2)c2ncn(C(C)C)c2n1)C(O)c1cc2[nH]ncc2c2c1c(C(N)=O)nn2-c1ccc(S(N)(=O)=O)cc1. The number of nitrogens with zero attached hydrogens (tertiary/aromatic N) is 8. The zero-order valence-corrected chi connectivity index (χ0v) is 31.9. The second-order valence-corrected chi connectivity index (χ2v) is 15.4. The summed E-state index contributed by atoms with van der Waals surface area (Å²) in [5.41, 5.74) is 11.7. The highest BCUT2D eigenvalue weighted by Crippen LogP contribution is 2.37. The van der Waals surface area contributed by atoms with E-state index in [0.717, 1.165) is 16.8 Å². The molecule has 0 aliphatic rings. The Labute approximate surface area is 326 Å². The summed E-state index contributed by atoms with van der Waals surface area (Å²) in [4.78, 5) is 31.7. The van der Waals surface area contributed by atoms with E-state index >= 15 is 0 Å². The van der Waals surface area contributed by atoms with Crippen LogP contribution in [-0.2, 0) is 16.6 Å². The minimum atomic E-state index is -3.96. The molecule has 8 rings (SSSR count). The van der Waals surface area contributed by atoms with Crippen LogP contribution in [0.5, 0.6) is 0 Å². The first-order valence-corrected chi connectivity index (χ1v) is 19.7. The predicted molar refractivity (Wildman–Crippen MR) is 216 cm³/mol. The molecule has 290 valence electrons. The van der Waals surface area contributed by atoms with Crippen LogP contribution >= 0.6 is 0 Å². The van der Waals surface area contributed by atoms with Crippen molar-refractivity contribution in [1.82, 2.24) is 44.5 Å². The van der Waals surface area contributed by atoms with Gasteiger partial charge in [0.25, 0.3) is 5.91 Å². The van der Waals surface area contributed by atoms with E-state index in [1.54, 1.807) is 24.8 Å². The molecule has 17 nitrogen and oxygen atoms in total. The van der Waals surface area contributed by atoms with Gasteiger partial charge in [0.15, 0.2) is 22.7 Å². The molecular weight excluding hydrogens is 747 g/mol. The molecule has 1 unspecified atom stereocenters. The first-order chi connectivity index (χ1) is 27.4. The monoisotopic (exact) mass is 785 g/mol. The number of nitrogens with two attached hydrogens (primary N) is 2. The average molecular weight is 786 g/mol. The molecule has 5 heterocycles. The topological polar surface area (TPSA) is 251 Å². The maximum Gasteiger partial charge on any atom is 0.269 e. The van der Waals surface area contributed by atoms with E-state index in [0.29, 0.717) is 63.0 Å². The fourth-order valence-electron chi connectivity index (χ4n) is 6.91. The highest BCUT2D eigenvalue weighted by Gasteiger charge is 2.30. The Morgan fingerprint density at radius 3 is 2.46 bits per heavy atom. The van der Waals surface area contributed by atoms with E-state index in [9.17, 15) is 18.3 Å². The Morgan fingerprint density at radius 2 is 1.79 bits per heavy atom. The lowest BCUT2D eigenvalue weighted by atomic mass is 9.94. The number of rotatable bonds is 13. The summed E-state index contributed by atoms with van der Waals surface area (Å²) in [7, 11) is -3.96. The van der Waals surface area contributed by atoms with Crippen molar-refractivity contribution < 1.29 is 18.3 Å². The molecule has 0 saturated carbocycles. The Balaban J connectivity index is 1.16. The molecule has 0 aliphatic heterocycles. The molecule has 2 atom stereocenters. The van der Waals surface area contributed by atoms with Crippen molar-refractivity contribution in [2.24, 2.45) is 10.9 Å². The summed E-state index contributed by atoms with van der Waals surface area (Å²) in [6, 6.07) is 20.7. The molecule has 0 aliphatic carbocycles. The second kappa shape index (κ2) is 14.7. The largest absolute Gasteiger partial charge is 0.386 e. The number of aliphatic hydroxyl groups is 1. The molecule has 0 saturated heterocycles. The molecule has 57 heavy (non-hydrogen) atoms. The van der Waals surface area contributed by atoms with Gasteiger partial charge in [0.2, 0.25) is 16.0 Å². The van der Waals surface area contributed by atoms with Crippen LogP contribution in [0.15, 0.2) is 96.4 Å². The Morgan fingerprint density at radius 1 is 1.02 bits per heavy atom. The fraction of sp³-hybridized carbons (Fsp3) is 0.205. The number of imidazole rings is 1. The van der Waals surface area contributed by atoms with Crippen LogP contribution in [0.2, 0.25) is 0 Å². The van der Waals surface area contributed by atoms with Gasteiger partial charge in [-0.05, 0) is 73.9 Å². The first kappa shape index (κ1) is 37.2. The number of anilines is 2. The minimum absolute atomic E-state index is 0.0476. The molecule has 0 spiro atoms. The van der Waals surface area contributed by atoms with Crippen LogP contribution < -0.4 is 21.5 Å². The summed E-state index contributed by atoms with van der Waals surface area (Å²) < 4.78 is 27.3. The van der Waals surface area contributed by atoms with Gasteiger partial charge in [-0.15, -0.1) is 0 Å². The van der Waals surface area contributed by atoms with E-state index in [2.05, 4.69) is 35.9 Å². The van der Waals surface area contributed by atoms with Crippen LogP contribution in [0.4, 0.5) is 11.8 Å². The number of benzene rings is 3. The molecule has 5 aromatic heterocycles. The quantitative estimate of drug-likeness (QED) is 0.0907. The van der Waals surface area contributed by atoms with Gasteiger partial charge in [0, 0.05) is 35.1 Å². The van der Waals surface area contributed by atoms with Crippen molar-refractivity contribution in [3.63, 3.8) is 0 Å². The van der Waals surface area contributed by atoms with Crippen LogP contribution in [-0.4, -0.2) is 70.0 Å². The third kappa shape index (κ3) is 7.01. The highest BCUT2D eigenvalue weighted by molar-refractivity contribution is 7.89. The second-order valence-electron chi connectivity index (χ2n) is 13.9. The molecule has 3 aromatic carbocycles. The first-order valence-electron chi connectivity index (χ1n) is 18.2. The maximum absolute atomic E-state index is 13.0. The number of carbonyl (C=O) groups is 1. The van der Waals surface area contributed by atoms with Crippen molar-refractivity contribution in [2.75, 3.05) is 10.6 Å². The van der Waals surface area contributed by atoms with Crippen molar-refractivity contribution in [3.8, 4) is 16.9 Å². The molecule has 18 heteroatoms. The van der Waals surface area contributed by atoms with Crippen LogP contribution in [0, 0.1) is 0 Å². The average Bonchev–Trinajstić information content (AvgIpc) is 3.96. The molecule has 0 bridgehead atoms. The molecule has 8 N–H and O–H groups in total. The number of sulfonamides is 1. The zero-order valence-electron chi connectivity index (χ0n) is 31.1. The number of amides is 1. The van der Waals surface area contributed by atoms with E-state index in [4.69, 9.17) is 20.8 Å². The van der Waals surface area contributed by atoms with E-state index in [1.165, 1.54) is 28.9 Å². The van der Waals surface area contributed by atoms with Gasteiger partial charge >= 0.3 is 0 Å². The van der Waals surface area contributed by atoms with Crippen molar-refractivity contribution in [1.29, 1.82) is 0 Å². The van der Waals surface area contributed by atoms with Gasteiger partial charge in [-0.2, -0.15) is 20.2 Å². The van der Waals surface area contributed by atoms with E-state index < -0.39 is 28.1 Å². The van der Waals surface area contributed by atoms with Crippen LogP contribution in [0.3, 0.4) is 0 Å². The number of hydrogen-bond donors (Lipinski definition) is 6. The number of carbonyl (C=O) groups excluding carboxylic acids is 1. The van der Waals surface area contributed by atoms with Gasteiger partial charge in [0.05, 0.1) is 52.0 Å². The molecular formula is C39H39N13O4S. The third-order valence-electron chi connectivity index (χ3n) is 9.85. The number of primary sulfonamides is 1. The predicted octanol–water partition coefficient (Wildman–Crippen LogP) is 4.97. The number of fused-ring (bicyclic) bond motifs is 4. The number of pyridine rings is 1.